The lowest BCUT2D eigenvalue weighted by Gasteiger charge is -2.09. The van der Waals surface area contributed by atoms with E-state index in [0.717, 1.165) is 4.68 Å². The van der Waals surface area contributed by atoms with E-state index >= 15 is 0 Å². The average molecular weight is 218 g/mol. The summed E-state index contributed by atoms with van der Waals surface area (Å²) in [6.45, 7) is 1.04. The molecule has 0 radical (unpaired) electrons. The van der Waals surface area contributed by atoms with E-state index in [2.05, 4.69) is 5.10 Å². The summed E-state index contributed by atoms with van der Waals surface area (Å²) in [4.78, 5) is 10.6. The minimum Gasteiger partial charge on any atom is -0.481 e. The van der Waals surface area contributed by atoms with Crippen LogP contribution in [-0.2, 0) is 17.8 Å². The van der Waals surface area contributed by atoms with Crippen molar-refractivity contribution < 1.29 is 18.7 Å². The molecule has 0 bridgehead atoms. The second kappa shape index (κ2) is 4.86. The number of hydrogen-bond acceptors (Lipinski definition) is 2. The molecule has 0 fully saturated rings. The van der Waals surface area contributed by atoms with Gasteiger partial charge in [-0.2, -0.15) is 5.10 Å². The first-order valence-electron chi connectivity index (χ1n) is 4.52. The number of nitrogens with zero attached hydrogens (tertiary/aromatic N) is 2. The lowest BCUT2D eigenvalue weighted by molar-refractivity contribution is -0.141. The molecule has 1 N–H and O–H groups in total. The summed E-state index contributed by atoms with van der Waals surface area (Å²) in [6, 6.07) is 1.56. The predicted octanol–water partition coefficient (Wildman–Crippen LogP) is 1.41. The maximum atomic E-state index is 12.1. The molecule has 4 nitrogen and oxygen atoms in total. The zero-order chi connectivity index (χ0) is 11.4. The molecule has 1 atom stereocenters. The molecule has 1 aromatic heterocycles. The number of carbonyl (C=O) groups is 1. The van der Waals surface area contributed by atoms with Gasteiger partial charge in [0.25, 0.3) is 6.43 Å². The van der Waals surface area contributed by atoms with Crippen LogP contribution >= 0.6 is 0 Å². The van der Waals surface area contributed by atoms with E-state index in [9.17, 15) is 13.6 Å². The van der Waals surface area contributed by atoms with Gasteiger partial charge in [0.15, 0.2) is 0 Å². The molecule has 1 aromatic rings. The molecule has 84 valence electrons. The van der Waals surface area contributed by atoms with Crippen LogP contribution in [0, 0.1) is 5.92 Å². The van der Waals surface area contributed by atoms with Gasteiger partial charge < -0.3 is 5.11 Å². The van der Waals surface area contributed by atoms with Crippen molar-refractivity contribution >= 4 is 5.97 Å². The summed E-state index contributed by atoms with van der Waals surface area (Å²) in [5.74, 6) is -1.54. The van der Waals surface area contributed by atoms with Gasteiger partial charge in [-0.3, -0.25) is 9.48 Å². The highest BCUT2D eigenvalue weighted by Gasteiger charge is 2.15. The average Bonchev–Trinajstić information content (AvgIpc) is 2.51. The quantitative estimate of drug-likeness (QED) is 0.812. The molecule has 0 saturated heterocycles. The van der Waals surface area contributed by atoms with Gasteiger partial charge in [0.05, 0.1) is 5.92 Å². The number of aromatic nitrogens is 2. The van der Waals surface area contributed by atoms with Gasteiger partial charge in [0.2, 0.25) is 0 Å². The summed E-state index contributed by atoms with van der Waals surface area (Å²) in [7, 11) is 0. The minimum atomic E-state index is -2.48. The molecular weight excluding hydrogens is 206 g/mol. The summed E-state index contributed by atoms with van der Waals surface area (Å²) in [6.07, 6.45) is -0.877. The number of hydrogen-bond donors (Lipinski definition) is 1. The van der Waals surface area contributed by atoms with E-state index in [0.29, 0.717) is 5.69 Å². The Bertz CT molecular complexity index is 339. The number of carboxylic acid groups (broad SMARTS) is 1. The number of aliphatic carboxylic acids is 1. The summed E-state index contributed by atoms with van der Waals surface area (Å²) < 4.78 is 25.3. The second-order valence-electron chi connectivity index (χ2n) is 3.34. The van der Waals surface area contributed by atoms with E-state index in [1.807, 2.05) is 0 Å². The Morgan fingerprint density at radius 3 is 2.87 bits per heavy atom. The highest BCUT2D eigenvalue weighted by Crippen LogP contribution is 2.10. The zero-order valence-electron chi connectivity index (χ0n) is 8.23. The van der Waals surface area contributed by atoms with Crippen LogP contribution in [0.2, 0.25) is 0 Å². The van der Waals surface area contributed by atoms with E-state index in [1.165, 1.54) is 13.1 Å². The fraction of sp³-hybridized carbons (Fsp3) is 0.556. The molecule has 0 spiro atoms. The van der Waals surface area contributed by atoms with Crippen molar-refractivity contribution in [1.29, 1.82) is 0 Å². The molecule has 0 aliphatic heterocycles. The summed E-state index contributed by atoms with van der Waals surface area (Å²) in [5, 5.41) is 12.4. The Kier molecular flexibility index (Phi) is 3.76. The van der Waals surface area contributed by atoms with Crippen molar-refractivity contribution in [2.45, 2.75) is 26.3 Å². The maximum absolute atomic E-state index is 12.1. The fourth-order valence-electron chi connectivity index (χ4n) is 1.23. The van der Waals surface area contributed by atoms with Gasteiger partial charge in [0.1, 0.15) is 6.54 Å². The van der Waals surface area contributed by atoms with Crippen molar-refractivity contribution in [3.8, 4) is 0 Å². The normalized spacial score (nSPS) is 13.1. The third-order valence-electron chi connectivity index (χ3n) is 2.05. The first-order valence-corrected chi connectivity index (χ1v) is 4.52. The second-order valence-corrected chi connectivity index (χ2v) is 3.34. The van der Waals surface area contributed by atoms with Crippen molar-refractivity contribution in [2.75, 3.05) is 0 Å². The molecule has 0 aliphatic rings. The van der Waals surface area contributed by atoms with Gasteiger partial charge >= 0.3 is 5.97 Å². The van der Waals surface area contributed by atoms with Crippen LogP contribution in [-0.4, -0.2) is 27.3 Å². The first-order chi connectivity index (χ1) is 7.00. The van der Waals surface area contributed by atoms with Crippen molar-refractivity contribution in [3.05, 3.63) is 18.0 Å². The van der Waals surface area contributed by atoms with E-state index in [4.69, 9.17) is 5.11 Å². The van der Waals surface area contributed by atoms with Crippen molar-refractivity contribution in [2.24, 2.45) is 5.92 Å². The van der Waals surface area contributed by atoms with Crippen molar-refractivity contribution in [3.63, 3.8) is 0 Å². The lowest BCUT2D eigenvalue weighted by Crippen LogP contribution is -2.17. The summed E-state index contributed by atoms with van der Waals surface area (Å²) in [5.41, 5.74) is 0.519. The van der Waals surface area contributed by atoms with E-state index in [1.54, 1.807) is 6.07 Å². The third kappa shape index (κ3) is 3.30. The van der Waals surface area contributed by atoms with Gasteiger partial charge in [0, 0.05) is 18.3 Å². The SMILES string of the molecule is CC(Cc1ccnn1CC(F)F)C(=O)O. The number of halogens is 2. The van der Waals surface area contributed by atoms with Crippen LogP contribution in [0.3, 0.4) is 0 Å². The fourth-order valence-corrected chi connectivity index (χ4v) is 1.23. The van der Waals surface area contributed by atoms with Gasteiger partial charge in [-0.05, 0) is 6.07 Å². The molecule has 0 aromatic carbocycles. The Morgan fingerprint density at radius 2 is 2.33 bits per heavy atom. The standard InChI is InChI=1S/C9H12F2N2O2/c1-6(9(14)15)4-7-2-3-12-13(7)5-8(10)11/h2-3,6,8H,4-5H2,1H3,(H,14,15). The minimum absolute atomic E-state index is 0.210. The Morgan fingerprint density at radius 1 is 1.67 bits per heavy atom. The summed E-state index contributed by atoms with van der Waals surface area (Å²) >= 11 is 0. The smallest absolute Gasteiger partial charge is 0.306 e. The van der Waals surface area contributed by atoms with Gasteiger partial charge in [-0.1, -0.05) is 6.92 Å². The lowest BCUT2D eigenvalue weighted by atomic mass is 10.1. The van der Waals surface area contributed by atoms with Gasteiger partial charge in [-0.25, -0.2) is 8.78 Å². The number of rotatable bonds is 5. The largest absolute Gasteiger partial charge is 0.481 e. The molecule has 6 heteroatoms. The zero-order valence-corrected chi connectivity index (χ0v) is 8.23. The van der Waals surface area contributed by atoms with Crippen LogP contribution in [0.1, 0.15) is 12.6 Å². The van der Waals surface area contributed by atoms with Gasteiger partial charge in [-0.15, -0.1) is 0 Å². The molecule has 1 unspecified atom stereocenters. The molecule has 0 saturated carbocycles. The van der Waals surface area contributed by atoms with Crippen molar-refractivity contribution in [1.82, 2.24) is 9.78 Å². The van der Waals surface area contributed by atoms with Crippen LogP contribution in [0.4, 0.5) is 8.78 Å². The predicted molar refractivity (Wildman–Crippen MR) is 48.7 cm³/mol. The molecule has 0 aliphatic carbocycles. The Balaban J connectivity index is 2.68. The Hall–Kier alpha value is -1.46. The van der Waals surface area contributed by atoms with Crippen LogP contribution < -0.4 is 0 Å². The van der Waals surface area contributed by atoms with E-state index in [-0.39, 0.29) is 6.42 Å². The first kappa shape index (κ1) is 11.6. The molecule has 15 heavy (non-hydrogen) atoms. The Labute approximate surface area is 85.5 Å². The monoisotopic (exact) mass is 218 g/mol. The van der Waals surface area contributed by atoms with E-state index < -0.39 is 24.9 Å². The third-order valence-corrected chi connectivity index (χ3v) is 2.05. The van der Waals surface area contributed by atoms with Crippen LogP contribution in [0.5, 0.6) is 0 Å². The molecule has 0 amide bonds. The highest BCUT2D eigenvalue weighted by atomic mass is 19.3. The van der Waals surface area contributed by atoms with Crippen LogP contribution in [0.15, 0.2) is 12.3 Å². The molecule has 1 rings (SSSR count). The maximum Gasteiger partial charge on any atom is 0.306 e. The number of carboxylic acids is 1. The molecule has 1 heterocycles. The molecular formula is C9H12F2N2O2. The number of alkyl halides is 2. The highest BCUT2D eigenvalue weighted by molar-refractivity contribution is 5.69. The van der Waals surface area contributed by atoms with Crippen LogP contribution in [0.25, 0.3) is 0 Å². The topological polar surface area (TPSA) is 55.1 Å².